The van der Waals surface area contributed by atoms with Crippen LogP contribution in [0, 0.1) is 12.7 Å². The van der Waals surface area contributed by atoms with Gasteiger partial charge in [-0.05, 0) is 42.8 Å². The third-order valence-corrected chi connectivity index (χ3v) is 7.35. The summed E-state index contributed by atoms with van der Waals surface area (Å²) in [6.45, 7) is 6.30. The molecule has 0 unspecified atom stereocenters. The molecular weight excluding hydrogens is 397 g/mol. The first kappa shape index (κ1) is 20.0. The quantitative estimate of drug-likeness (QED) is 0.736. The number of piperazine rings is 1. The Morgan fingerprint density at radius 3 is 2.03 bits per heavy atom. The second kappa shape index (κ2) is 8.21. The number of hydrogen-bond acceptors (Lipinski definition) is 7. The predicted octanol–water partition coefficient (Wildman–Crippen LogP) is 1.27. The van der Waals surface area contributed by atoms with Gasteiger partial charge in [-0.25, -0.2) is 12.8 Å². The van der Waals surface area contributed by atoms with Crippen LogP contribution in [0.2, 0.25) is 0 Å². The monoisotopic (exact) mass is 421 g/mol. The summed E-state index contributed by atoms with van der Waals surface area (Å²) in [7, 11) is -3.65. The van der Waals surface area contributed by atoms with Crippen LogP contribution in [-0.4, -0.2) is 75.4 Å². The van der Waals surface area contributed by atoms with Gasteiger partial charge in [-0.15, -0.1) is 10.2 Å². The van der Waals surface area contributed by atoms with Crippen LogP contribution in [0.3, 0.4) is 0 Å². The van der Waals surface area contributed by atoms with Gasteiger partial charge < -0.3 is 14.5 Å². The van der Waals surface area contributed by atoms with Crippen molar-refractivity contribution in [2.75, 3.05) is 62.3 Å². The highest BCUT2D eigenvalue weighted by Crippen LogP contribution is 2.23. The van der Waals surface area contributed by atoms with Gasteiger partial charge in [0, 0.05) is 39.3 Å². The Morgan fingerprint density at radius 2 is 1.48 bits per heavy atom. The number of ether oxygens (including phenoxy) is 1. The molecule has 4 rings (SSSR count). The van der Waals surface area contributed by atoms with Gasteiger partial charge in [-0.2, -0.15) is 4.31 Å². The Labute approximate surface area is 169 Å². The Bertz CT molecular complexity index is 956. The minimum absolute atomic E-state index is 0.155. The normalized spacial score (nSPS) is 18.8. The Balaban J connectivity index is 1.41. The predicted molar refractivity (Wildman–Crippen MR) is 107 cm³/mol. The molecule has 1 aromatic carbocycles. The summed E-state index contributed by atoms with van der Waals surface area (Å²) >= 11 is 0. The smallest absolute Gasteiger partial charge is 0.243 e. The van der Waals surface area contributed by atoms with Gasteiger partial charge in [0.1, 0.15) is 5.82 Å². The highest BCUT2D eigenvalue weighted by atomic mass is 32.2. The molecule has 0 spiro atoms. The lowest BCUT2D eigenvalue weighted by Crippen LogP contribution is -2.49. The third kappa shape index (κ3) is 4.19. The van der Waals surface area contributed by atoms with E-state index in [0.29, 0.717) is 45.0 Å². The fourth-order valence-electron chi connectivity index (χ4n) is 3.65. The lowest BCUT2D eigenvalue weighted by molar-refractivity contribution is 0.122. The van der Waals surface area contributed by atoms with Gasteiger partial charge in [0.15, 0.2) is 11.6 Å². The Kier molecular flexibility index (Phi) is 5.66. The molecule has 29 heavy (non-hydrogen) atoms. The lowest BCUT2D eigenvalue weighted by Gasteiger charge is -2.35. The van der Waals surface area contributed by atoms with Gasteiger partial charge >= 0.3 is 0 Å². The van der Waals surface area contributed by atoms with Crippen molar-refractivity contribution in [3.8, 4) is 0 Å². The zero-order valence-corrected chi connectivity index (χ0v) is 17.1. The highest BCUT2D eigenvalue weighted by molar-refractivity contribution is 7.89. The molecule has 3 heterocycles. The second-order valence-corrected chi connectivity index (χ2v) is 9.06. The maximum Gasteiger partial charge on any atom is 0.243 e. The average Bonchev–Trinajstić information content (AvgIpc) is 2.74. The number of morpholine rings is 1. The molecule has 0 amide bonds. The molecule has 1 aromatic heterocycles. The van der Waals surface area contributed by atoms with Crippen molar-refractivity contribution in [1.82, 2.24) is 14.5 Å². The molecule has 0 aliphatic carbocycles. The molecule has 0 radical (unpaired) electrons. The molecule has 2 aliphatic rings. The third-order valence-electron chi connectivity index (χ3n) is 5.29. The molecule has 0 bridgehead atoms. The number of sulfonamides is 1. The maximum absolute atomic E-state index is 13.3. The van der Waals surface area contributed by atoms with E-state index in [-0.39, 0.29) is 4.90 Å². The van der Waals surface area contributed by atoms with E-state index < -0.39 is 15.8 Å². The summed E-state index contributed by atoms with van der Waals surface area (Å²) in [5, 5.41) is 8.65. The van der Waals surface area contributed by atoms with Crippen molar-refractivity contribution < 1.29 is 17.5 Å². The molecule has 2 fully saturated rings. The van der Waals surface area contributed by atoms with Crippen LogP contribution in [0.4, 0.5) is 16.0 Å². The largest absolute Gasteiger partial charge is 0.378 e. The molecule has 0 N–H and O–H groups in total. The number of anilines is 2. The minimum Gasteiger partial charge on any atom is -0.378 e. The fourth-order valence-corrected chi connectivity index (χ4v) is 5.27. The van der Waals surface area contributed by atoms with E-state index in [0.717, 1.165) is 24.7 Å². The first-order valence-corrected chi connectivity index (χ1v) is 11.1. The molecular formula is C19H24FN5O3S. The van der Waals surface area contributed by atoms with Crippen molar-refractivity contribution >= 4 is 21.7 Å². The van der Waals surface area contributed by atoms with E-state index in [1.165, 1.54) is 22.5 Å². The van der Waals surface area contributed by atoms with Gasteiger partial charge in [0.25, 0.3) is 0 Å². The van der Waals surface area contributed by atoms with Crippen LogP contribution in [0.1, 0.15) is 5.56 Å². The van der Waals surface area contributed by atoms with E-state index >= 15 is 0 Å². The van der Waals surface area contributed by atoms with Crippen molar-refractivity contribution in [3.05, 3.63) is 41.7 Å². The topological polar surface area (TPSA) is 78.9 Å². The van der Waals surface area contributed by atoms with Crippen LogP contribution in [0.25, 0.3) is 0 Å². The van der Waals surface area contributed by atoms with Crippen LogP contribution in [-0.2, 0) is 14.8 Å². The molecule has 2 aliphatic heterocycles. The molecule has 2 aromatic rings. The van der Waals surface area contributed by atoms with Crippen molar-refractivity contribution in [3.63, 3.8) is 0 Å². The number of aromatic nitrogens is 2. The lowest BCUT2D eigenvalue weighted by atomic mass is 10.2. The maximum atomic E-state index is 13.3. The van der Waals surface area contributed by atoms with Gasteiger partial charge in [0.05, 0.1) is 18.1 Å². The number of aryl methyl sites for hydroxylation is 1. The first-order chi connectivity index (χ1) is 13.9. The van der Waals surface area contributed by atoms with Gasteiger partial charge in [0.2, 0.25) is 10.0 Å². The molecule has 156 valence electrons. The van der Waals surface area contributed by atoms with Crippen LogP contribution < -0.4 is 9.80 Å². The van der Waals surface area contributed by atoms with Crippen molar-refractivity contribution in [2.45, 2.75) is 11.8 Å². The van der Waals surface area contributed by atoms with Crippen molar-refractivity contribution in [2.24, 2.45) is 0 Å². The second-order valence-electron chi connectivity index (χ2n) is 7.15. The number of hydrogen-bond donors (Lipinski definition) is 0. The van der Waals surface area contributed by atoms with Crippen molar-refractivity contribution in [1.29, 1.82) is 0 Å². The molecule has 0 saturated carbocycles. The Hall–Kier alpha value is -2.30. The van der Waals surface area contributed by atoms with E-state index in [4.69, 9.17) is 4.74 Å². The SMILES string of the molecule is Cc1cc(F)ccc1S(=O)(=O)N1CCN(c2ccc(N3CCOCC3)nn2)CC1. The summed E-state index contributed by atoms with van der Waals surface area (Å²) in [6.07, 6.45) is 0. The molecule has 8 nitrogen and oxygen atoms in total. The number of nitrogens with zero attached hydrogens (tertiary/aromatic N) is 5. The first-order valence-electron chi connectivity index (χ1n) is 9.63. The van der Waals surface area contributed by atoms with Crippen LogP contribution >= 0.6 is 0 Å². The summed E-state index contributed by atoms with van der Waals surface area (Å²) in [5.41, 5.74) is 0.414. The zero-order valence-electron chi connectivity index (χ0n) is 16.3. The summed E-state index contributed by atoms with van der Waals surface area (Å²) < 4.78 is 46.0. The summed E-state index contributed by atoms with van der Waals surface area (Å²) in [4.78, 5) is 4.32. The Morgan fingerprint density at radius 1 is 0.897 bits per heavy atom. The molecule has 0 atom stereocenters. The van der Waals surface area contributed by atoms with Crippen LogP contribution in [0.15, 0.2) is 35.2 Å². The summed E-state index contributed by atoms with van der Waals surface area (Å²) in [5.74, 6) is 1.12. The van der Waals surface area contributed by atoms with Crippen LogP contribution in [0.5, 0.6) is 0 Å². The van der Waals surface area contributed by atoms with E-state index in [9.17, 15) is 12.8 Å². The zero-order chi connectivity index (χ0) is 20.4. The fraction of sp³-hybridized carbons (Fsp3) is 0.474. The van der Waals surface area contributed by atoms with E-state index in [1.54, 1.807) is 6.92 Å². The standard InChI is InChI=1S/C19H24FN5O3S/c1-15-14-16(20)2-3-17(15)29(26,27)25-8-6-23(7-9-25)18-4-5-19(22-21-18)24-10-12-28-13-11-24/h2-5,14H,6-13H2,1H3. The summed E-state index contributed by atoms with van der Waals surface area (Å²) in [6, 6.07) is 7.63. The minimum atomic E-state index is -3.65. The highest BCUT2D eigenvalue weighted by Gasteiger charge is 2.30. The average molecular weight is 421 g/mol. The van der Waals surface area contributed by atoms with E-state index in [1.807, 2.05) is 17.0 Å². The number of halogens is 1. The number of rotatable bonds is 4. The molecule has 2 saturated heterocycles. The van der Waals surface area contributed by atoms with Gasteiger partial charge in [-0.1, -0.05) is 0 Å². The molecule has 10 heteroatoms. The van der Waals surface area contributed by atoms with E-state index in [2.05, 4.69) is 15.1 Å². The van der Waals surface area contributed by atoms with Gasteiger partial charge in [-0.3, -0.25) is 0 Å². The number of benzene rings is 1.